The van der Waals surface area contributed by atoms with Crippen molar-refractivity contribution in [2.24, 2.45) is 0 Å². The molecule has 0 aliphatic carbocycles. The number of nitrogens with zero attached hydrogens (tertiary/aromatic N) is 4. The molecule has 1 aromatic heterocycles. The second-order valence-corrected chi connectivity index (χ2v) is 6.94. The summed E-state index contributed by atoms with van der Waals surface area (Å²) in [6.45, 7) is 4.36. The number of hydrogen-bond donors (Lipinski definition) is 1. The van der Waals surface area contributed by atoms with Crippen molar-refractivity contribution in [3.8, 4) is 11.5 Å². The molecular formula is C18H21N5O3. The molecule has 1 saturated heterocycles. The highest BCUT2D eigenvalue weighted by Gasteiger charge is 2.29. The van der Waals surface area contributed by atoms with Crippen LogP contribution in [0.25, 0.3) is 0 Å². The molecule has 4 heterocycles. The van der Waals surface area contributed by atoms with Gasteiger partial charge in [0.25, 0.3) is 5.91 Å². The molecule has 5 rings (SSSR count). The van der Waals surface area contributed by atoms with Gasteiger partial charge in [0.05, 0.1) is 6.54 Å². The largest absolute Gasteiger partial charge is 0.454 e. The molecule has 8 heteroatoms. The van der Waals surface area contributed by atoms with Gasteiger partial charge in [-0.05, 0) is 31.0 Å². The minimum atomic E-state index is 0.0502. The van der Waals surface area contributed by atoms with Crippen LogP contribution in [-0.2, 0) is 13.1 Å². The van der Waals surface area contributed by atoms with E-state index in [1.165, 1.54) is 0 Å². The van der Waals surface area contributed by atoms with Crippen LogP contribution in [0, 0.1) is 0 Å². The Kier molecular flexibility index (Phi) is 3.77. The Bertz CT molecular complexity index is 841. The van der Waals surface area contributed by atoms with Crippen molar-refractivity contribution < 1.29 is 14.3 Å². The van der Waals surface area contributed by atoms with Gasteiger partial charge in [0, 0.05) is 37.7 Å². The molecule has 3 aliphatic heterocycles. The fraction of sp³-hybridized carbons (Fsp3) is 0.500. The number of fused-ring (bicyclic) bond motifs is 2. The summed E-state index contributed by atoms with van der Waals surface area (Å²) >= 11 is 0. The third-order valence-electron chi connectivity index (χ3n) is 5.42. The standard InChI is InChI=1S/C18H21N5O3/c24-18(13-1-2-14-15(9-13)26-11-25-14)22-6-3-12(4-7-22)17-21-20-16-10-19-5-8-23(16)17/h1-2,9,12,19H,3-8,10-11H2. The fourth-order valence-corrected chi connectivity index (χ4v) is 3.97. The lowest BCUT2D eigenvalue weighted by Crippen LogP contribution is -2.38. The number of nitrogens with one attached hydrogen (secondary N) is 1. The van der Waals surface area contributed by atoms with Gasteiger partial charge in [0.15, 0.2) is 11.5 Å². The summed E-state index contributed by atoms with van der Waals surface area (Å²) in [5.74, 6) is 3.87. The average Bonchev–Trinajstić information content (AvgIpc) is 3.34. The number of amides is 1. The van der Waals surface area contributed by atoms with Gasteiger partial charge in [-0.2, -0.15) is 0 Å². The van der Waals surface area contributed by atoms with Crippen LogP contribution in [0.15, 0.2) is 18.2 Å². The highest BCUT2D eigenvalue weighted by atomic mass is 16.7. The monoisotopic (exact) mass is 355 g/mol. The summed E-state index contributed by atoms with van der Waals surface area (Å²) < 4.78 is 12.9. The fourth-order valence-electron chi connectivity index (χ4n) is 3.97. The maximum Gasteiger partial charge on any atom is 0.253 e. The molecule has 0 bridgehead atoms. The number of likely N-dealkylation sites (tertiary alicyclic amines) is 1. The minimum Gasteiger partial charge on any atom is -0.454 e. The first-order valence-corrected chi connectivity index (χ1v) is 9.11. The number of aromatic nitrogens is 3. The summed E-state index contributed by atoms with van der Waals surface area (Å²) in [6, 6.07) is 5.39. The Morgan fingerprint density at radius 1 is 1.12 bits per heavy atom. The van der Waals surface area contributed by atoms with E-state index in [2.05, 4.69) is 20.1 Å². The first kappa shape index (κ1) is 15.6. The molecule has 0 saturated carbocycles. The lowest BCUT2D eigenvalue weighted by Gasteiger charge is -2.32. The molecule has 2 aromatic rings. The SMILES string of the molecule is O=C(c1ccc2c(c1)OCO2)N1CCC(c2nnc3n2CCNC3)CC1. The molecule has 0 radical (unpaired) electrons. The normalized spacial score (nSPS) is 19.5. The molecule has 0 unspecified atom stereocenters. The van der Waals surface area contributed by atoms with E-state index >= 15 is 0 Å². The smallest absolute Gasteiger partial charge is 0.253 e. The molecule has 0 spiro atoms. The molecule has 1 fully saturated rings. The van der Waals surface area contributed by atoms with E-state index in [4.69, 9.17) is 9.47 Å². The van der Waals surface area contributed by atoms with E-state index in [0.717, 1.165) is 57.2 Å². The predicted molar refractivity (Wildman–Crippen MR) is 92.2 cm³/mol. The van der Waals surface area contributed by atoms with Crippen molar-refractivity contribution in [1.82, 2.24) is 25.0 Å². The van der Waals surface area contributed by atoms with Gasteiger partial charge in [0.1, 0.15) is 11.6 Å². The Labute approximate surface area is 151 Å². The topological polar surface area (TPSA) is 81.5 Å². The van der Waals surface area contributed by atoms with Crippen LogP contribution in [0.2, 0.25) is 0 Å². The second-order valence-electron chi connectivity index (χ2n) is 6.94. The van der Waals surface area contributed by atoms with Crippen LogP contribution in [0.5, 0.6) is 11.5 Å². The van der Waals surface area contributed by atoms with Crippen LogP contribution in [0.4, 0.5) is 0 Å². The number of hydrogen-bond acceptors (Lipinski definition) is 6. The molecule has 1 amide bonds. The summed E-state index contributed by atoms with van der Waals surface area (Å²) in [4.78, 5) is 14.7. The van der Waals surface area contributed by atoms with Gasteiger partial charge in [-0.3, -0.25) is 4.79 Å². The van der Waals surface area contributed by atoms with Crippen molar-refractivity contribution >= 4 is 5.91 Å². The van der Waals surface area contributed by atoms with Crippen LogP contribution in [0.3, 0.4) is 0 Å². The van der Waals surface area contributed by atoms with Gasteiger partial charge in [-0.1, -0.05) is 0 Å². The van der Waals surface area contributed by atoms with Crippen LogP contribution >= 0.6 is 0 Å². The predicted octanol–water partition coefficient (Wildman–Crippen LogP) is 1.13. The molecule has 1 aromatic carbocycles. The molecule has 136 valence electrons. The minimum absolute atomic E-state index is 0.0502. The number of rotatable bonds is 2. The Morgan fingerprint density at radius 3 is 2.85 bits per heavy atom. The summed E-state index contributed by atoms with van der Waals surface area (Å²) in [5, 5.41) is 12.1. The van der Waals surface area contributed by atoms with Crippen molar-refractivity contribution in [3.05, 3.63) is 35.4 Å². The Morgan fingerprint density at radius 2 is 1.96 bits per heavy atom. The van der Waals surface area contributed by atoms with E-state index < -0.39 is 0 Å². The highest BCUT2D eigenvalue weighted by molar-refractivity contribution is 5.95. The molecule has 1 N–H and O–H groups in total. The summed E-state index contributed by atoms with van der Waals surface area (Å²) in [6.07, 6.45) is 1.84. The van der Waals surface area contributed by atoms with E-state index in [-0.39, 0.29) is 12.7 Å². The quantitative estimate of drug-likeness (QED) is 0.870. The van der Waals surface area contributed by atoms with Gasteiger partial charge in [0.2, 0.25) is 6.79 Å². The molecule has 3 aliphatic rings. The lowest BCUT2D eigenvalue weighted by molar-refractivity contribution is 0.0709. The van der Waals surface area contributed by atoms with Gasteiger partial charge >= 0.3 is 0 Å². The van der Waals surface area contributed by atoms with E-state index in [9.17, 15) is 4.79 Å². The van der Waals surface area contributed by atoms with Gasteiger partial charge < -0.3 is 24.3 Å². The van der Waals surface area contributed by atoms with Crippen LogP contribution < -0.4 is 14.8 Å². The number of carbonyl (C=O) groups is 1. The first-order valence-electron chi connectivity index (χ1n) is 9.11. The zero-order chi connectivity index (χ0) is 17.5. The number of ether oxygens (including phenoxy) is 2. The molecular weight excluding hydrogens is 334 g/mol. The zero-order valence-electron chi connectivity index (χ0n) is 14.5. The third-order valence-corrected chi connectivity index (χ3v) is 5.42. The van der Waals surface area contributed by atoms with Crippen LogP contribution in [-0.4, -0.2) is 52.0 Å². The van der Waals surface area contributed by atoms with Crippen molar-refractivity contribution in [3.63, 3.8) is 0 Å². The van der Waals surface area contributed by atoms with Gasteiger partial charge in [-0.15, -0.1) is 10.2 Å². The van der Waals surface area contributed by atoms with E-state index in [1.807, 2.05) is 11.0 Å². The number of piperidine rings is 1. The molecule has 8 nitrogen and oxygen atoms in total. The lowest BCUT2D eigenvalue weighted by atomic mass is 9.95. The van der Waals surface area contributed by atoms with Crippen molar-refractivity contribution in [2.45, 2.75) is 31.8 Å². The average molecular weight is 355 g/mol. The summed E-state index contributed by atoms with van der Waals surface area (Å²) in [7, 11) is 0. The zero-order valence-corrected chi connectivity index (χ0v) is 14.5. The van der Waals surface area contributed by atoms with Crippen molar-refractivity contribution in [2.75, 3.05) is 26.4 Å². The van der Waals surface area contributed by atoms with E-state index in [0.29, 0.717) is 23.0 Å². The third kappa shape index (κ3) is 2.61. The highest BCUT2D eigenvalue weighted by Crippen LogP contribution is 2.34. The number of benzene rings is 1. The Hall–Kier alpha value is -2.61. The Balaban J connectivity index is 1.27. The molecule has 0 atom stereocenters. The maximum absolute atomic E-state index is 12.8. The summed E-state index contributed by atoms with van der Waals surface area (Å²) in [5.41, 5.74) is 0.652. The first-order chi connectivity index (χ1) is 12.8. The second kappa shape index (κ2) is 6.28. The maximum atomic E-state index is 12.8. The van der Waals surface area contributed by atoms with Gasteiger partial charge in [-0.25, -0.2) is 0 Å². The van der Waals surface area contributed by atoms with E-state index in [1.54, 1.807) is 12.1 Å². The van der Waals surface area contributed by atoms with Crippen LogP contribution in [0.1, 0.15) is 40.8 Å². The molecule has 26 heavy (non-hydrogen) atoms. The number of carbonyl (C=O) groups excluding carboxylic acids is 1. The van der Waals surface area contributed by atoms with Crippen molar-refractivity contribution in [1.29, 1.82) is 0 Å².